The molecule has 1 atom stereocenters. The predicted octanol–water partition coefficient (Wildman–Crippen LogP) is 4.32. The fourth-order valence-corrected chi connectivity index (χ4v) is 3.64. The molecule has 2 aliphatic rings. The number of nitrogens with zero attached hydrogens (tertiary/aromatic N) is 2. The van der Waals surface area contributed by atoms with E-state index in [1.54, 1.807) is 0 Å². The van der Waals surface area contributed by atoms with Gasteiger partial charge in [0.05, 0.1) is 10.7 Å². The second-order valence-electron chi connectivity index (χ2n) is 5.87. The molecule has 1 aromatic rings. The summed E-state index contributed by atoms with van der Waals surface area (Å²) in [5, 5.41) is 0.915. The zero-order chi connectivity index (χ0) is 13.2. The topological polar surface area (TPSA) is 6.48 Å². The summed E-state index contributed by atoms with van der Waals surface area (Å²) in [6.45, 7) is 5.80. The maximum absolute atomic E-state index is 6.54. The molecule has 3 heteroatoms. The van der Waals surface area contributed by atoms with Gasteiger partial charge in [-0.15, -0.1) is 0 Å². The first-order valence-electron chi connectivity index (χ1n) is 7.57. The van der Waals surface area contributed by atoms with Crippen molar-refractivity contribution in [1.29, 1.82) is 0 Å². The molecule has 0 N–H and O–H groups in total. The van der Waals surface area contributed by atoms with Gasteiger partial charge in [0, 0.05) is 31.4 Å². The summed E-state index contributed by atoms with van der Waals surface area (Å²) in [6, 6.07) is 7.23. The molecule has 2 nitrogen and oxygen atoms in total. The van der Waals surface area contributed by atoms with Crippen molar-refractivity contribution in [3.8, 4) is 0 Å². The number of benzene rings is 1. The zero-order valence-corrected chi connectivity index (χ0v) is 12.5. The van der Waals surface area contributed by atoms with Crippen LogP contribution in [-0.2, 0) is 0 Å². The molecule has 1 unspecified atom stereocenters. The maximum atomic E-state index is 6.54. The van der Waals surface area contributed by atoms with Gasteiger partial charge in [-0.1, -0.05) is 11.6 Å². The SMILES string of the molecule is CC1CCCCN1c1ccc(N2CCCC2)cc1Cl. The van der Waals surface area contributed by atoms with Crippen molar-refractivity contribution in [2.24, 2.45) is 0 Å². The van der Waals surface area contributed by atoms with Crippen LogP contribution in [0.25, 0.3) is 0 Å². The summed E-state index contributed by atoms with van der Waals surface area (Å²) in [7, 11) is 0. The third kappa shape index (κ3) is 2.69. The smallest absolute Gasteiger partial charge is 0.0660 e. The standard InChI is InChI=1S/C16H23ClN2/c1-13-6-2-3-11-19(13)16-8-7-14(12-15(16)17)18-9-4-5-10-18/h7-8,12-13H,2-6,9-11H2,1H3. The van der Waals surface area contributed by atoms with E-state index in [2.05, 4.69) is 34.9 Å². The van der Waals surface area contributed by atoms with Crippen LogP contribution < -0.4 is 9.80 Å². The number of rotatable bonds is 2. The minimum atomic E-state index is 0.615. The van der Waals surface area contributed by atoms with Crippen molar-refractivity contribution < 1.29 is 0 Å². The van der Waals surface area contributed by atoms with E-state index in [4.69, 9.17) is 11.6 Å². The van der Waals surface area contributed by atoms with Crippen LogP contribution in [0.3, 0.4) is 0 Å². The summed E-state index contributed by atoms with van der Waals surface area (Å²) < 4.78 is 0. The Balaban J connectivity index is 1.82. The highest BCUT2D eigenvalue weighted by atomic mass is 35.5. The molecular weight excluding hydrogens is 256 g/mol. The van der Waals surface area contributed by atoms with Crippen molar-refractivity contribution in [2.75, 3.05) is 29.4 Å². The number of anilines is 2. The molecule has 1 aromatic carbocycles. The average Bonchev–Trinajstić information content (AvgIpc) is 2.94. The van der Waals surface area contributed by atoms with Crippen molar-refractivity contribution in [3.63, 3.8) is 0 Å². The molecule has 0 amide bonds. The quantitative estimate of drug-likeness (QED) is 0.795. The van der Waals surface area contributed by atoms with Crippen LogP contribution in [0.4, 0.5) is 11.4 Å². The molecule has 0 spiro atoms. The van der Waals surface area contributed by atoms with Gasteiger partial charge in [-0.25, -0.2) is 0 Å². The molecule has 2 saturated heterocycles. The van der Waals surface area contributed by atoms with Crippen LogP contribution in [0, 0.1) is 0 Å². The van der Waals surface area contributed by atoms with Gasteiger partial charge in [-0.3, -0.25) is 0 Å². The van der Waals surface area contributed by atoms with E-state index >= 15 is 0 Å². The van der Waals surface area contributed by atoms with Crippen LogP contribution in [0.1, 0.15) is 39.0 Å². The maximum Gasteiger partial charge on any atom is 0.0660 e. The lowest BCUT2D eigenvalue weighted by molar-refractivity contribution is 0.485. The lowest BCUT2D eigenvalue weighted by atomic mass is 10.0. The molecule has 3 rings (SSSR count). The third-order valence-electron chi connectivity index (χ3n) is 4.51. The second kappa shape index (κ2) is 5.62. The van der Waals surface area contributed by atoms with E-state index in [-0.39, 0.29) is 0 Å². The normalized spacial score (nSPS) is 24.0. The Morgan fingerprint density at radius 2 is 1.79 bits per heavy atom. The fraction of sp³-hybridized carbons (Fsp3) is 0.625. The van der Waals surface area contributed by atoms with Gasteiger partial charge < -0.3 is 9.80 Å². The minimum absolute atomic E-state index is 0.615. The first kappa shape index (κ1) is 13.1. The summed E-state index contributed by atoms with van der Waals surface area (Å²) in [4.78, 5) is 4.91. The predicted molar refractivity (Wildman–Crippen MR) is 83.6 cm³/mol. The highest BCUT2D eigenvalue weighted by Gasteiger charge is 2.21. The molecule has 0 saturated carbocycles. The second-order valence-corrected chi connectivity index (χ2v) is 6.28. The van der Waals surface area contributed by atoms with Crippen molar-refractivity contribution in [2.45, 2.75) is 45.1 Å². The number of hydrogen-bond donors (Lipinski definition) is 0. The Kier molecular flexibility index (Phi) is 3.88. The van der Waals surface area contributed by atoms with E-state index in [9.17, 15) is 0 Å². The van der Waals surface area contributed by atoms with Crippen LogP contribution >= 0.6 is 11.6 Å². The van der Waals surface area contributed by atoms with E-state index in [0.717, 1.165) is 11.6 Å². The number of halogens is 1. The number of hydrogen-bond acceptors (Lipinski definition) is 2. The average molecular weight is 279 g/mol. The highest BCUT2D eigenvalue weighted by Crippen LogP contribution is 2.34. The van der Waals surface area contributed by atoms with E-state index in [1.165, 1.54) is 56.6 Å². The summed E-state index contributed by atoms with van der Waals surface area (Å²) in [6.07, 6.45) is 6.53. The van der Waals surface area contributed by atoms with E-state index < -0.39 is 0 Å². The first-order chi connectivity index (χ1) is 9.25. The Labute approximate surface area is 121 Å². The Bertz CT molecular complexity index is 440. The largest absolute Gasteiger partial charge is 0.371 e. The van der Waals surface area contributed by atoms with Gasteiger partial charge in [0.15, 0.2) is 0 Å². The van der Waals surface area contributed by atoms with Crippen LogP contribution in [-0.4, -0.2) is 25.7 Å². The van der Waals surface area contributed by atoms with Gasteiger partial charge in [-0.2, -0.15) is 0 Å². The van der Waals surface area contributed by atoms with Gasteiger partial charge in [0.25, 0.3) is 0 Å². The number of piperidine rings is 1. The Morgan fingerprint density at radius 3 is 2.47 bits per heavy atom. The van der Waals surface area contributed by atoms with Crippen molar-refractivity contribution in [1.82, 2.24) is 0 Å². The molecule has 2 aliphatic heterocycles. The van der Waals surface area contributed by atoms with Crippen molar-refractivity contribution >= 4 is 23.0 Å². The van der Waals surface area contributed by atoms with Gasteiger partial charge in [-0.05, 0) is 57.2 Å². The van der Waals surface area contributed by atoms with Crippen LogP contribution in [0.2, 0.25) is 5.02 Å². The van der Waals surface area contributed by atoms with Crippen LogP contribution in [0.15, 0.2) is 18.2 Å². The molecule has 0 bridgehead atoms. The summed E-state index contributed by atoms with van der Waals surface area (Å²) >= 11 is 6.54. The Morgan fingerprint density at radius 1 is 1.05 bits per heavy atom. The highest BCUT2D eigenvalue weighted by molar-refractivity contribution is 6.33. The van der Waals surface area contributed by atoms with Crippen molar-refractivity contribution in [3.05, 3.63) is 23.2 Å². The Hall–Kier alpha value is -0.890. The van der Waals surface area contributed by atoms with Gasteiger partial charge in [0.1, 0.15) is 0 Å². The summed E-state index contributed by atoms with van der Waals surface area (Å²) in [5.74, 6) is 0. The molecular formula is C16H23ClN2. The van der Waals surface area contributed by atoms with E-state index in [1.807, 2.05) is 0 Å². The van der Waals surface area contributed by atoms with Gasteiger partial charge in [0.2, 0.25) is 0 Å². The molecule has 19 heavy (non-hydrogen) atoms. The molecule has 104 valence electrons. The molecule has 0 aromatic heterocycles. The lowest BCUT2D eigenvalue weighted by Crippen LogP contribution is -2.37. The molecule has 2 heterocycles. The third-order valence-corrected chi connectivity index (χ3v) is 4.82. The first-order valence-corrected chi connectivity index (χ1v) is 7.94. The van der Waals surface area contributed by atoms with Crippen LogP contribution in [0.5, 0.6) is 0 Å². The minimum Gasteiger partial charge on any atom is -0.371 e. The molecule has 0 aliphatic carbocycles. The molecule has 0 radical (unpaired) electrons. The van der Waals surface area contributed by atoms with E-state index in [0.29, 0.717) is 6.04 Å². The van der Waals surface area contributed by atoms with Gasteiger partial charge >= 0.3 is 0 Å². The lowest BCUT2D eigenvalue weighted by Gasteiger charge is -2.36. The summed E-state index contributed by atoms with van der Waals surface area (Å²) in [5.41, 5.74) is 2.51. The monoisotopic (exact) mass is 278 g/mol. The zero-order valence-electron chi connectivity index (χ0n) is 11.7. The fourth-order valence-electron chi connectivity index (χ4n) is 3.36. The molecule has 2 fully saturated rings.